The van der Waals surface area contributed by atoms with Gasteiger partial charge in [-0.3, -0.25) is 33.3 Å². The molecule has 0 spiro atoms. The highest BCUT2D eigenvalue weighted by atomic mass is 31.2. The van der Waals surface area contributed by atoms with E-state index in [2.05, 4.69) is 52.2 Å². The van der Waals surface area contributed by atoms with E-state index in [0.29, 0.717) is 64.2 Å². The second-order valence-corrected chi connectivity index (χ2v) is 37.2. The predicted molar refractivity (Wildman–Crippen MR) is 482 cm³/mol. The van der Waals surface area contributed by atoms with Crippen LogP contribution in [0.2, 0.25) is 0 Å². The number of rotatable bonds is 84. The van der Waals surface area contributed by atoms with Crippen LogP contribution in [0.15, 0.2) is 0 Å². The number of hydrogen-bond donors (Lipinski definition) is 8. The molecule has 0 bridgehead atoms. The number of hydrogen-bond acceptors (Lipinski definition) is 19. The number of esters is 4. The lowest BCUT2D eigenvalue weighted by Crippen LogP contribution is -2.67. The smallest absolute Gasteiger partial charge is 0.462 e. The number of phosphoric acid groups is 1. The van der Waals surface area contributed by atoms with E-state index in [1.54, 1.807) is 6.92 Å². The highest BCUT2D eigenvalue weighted by Gasteiger charge is 2.54. The van der Waals surface area contributed by atoms with Gasteiger partial charge in [0.25, 0.3) is 0 Å². The quantitative estimate of drug-likeness (QED) is 0.0121. The molecule has 5 unspecified atom stereocenters. The molecular formula is C97H183N2O21P. The third-order valence-corrected chi connectivity index (χ3v) is 24.9. The number of unbranched alkanes of at least 4 members (excludes halogenated alkanes) is 52. The van der Waals surface area contributed by atoms with Crippen LogP contribution < -0.4 is 10.6 Å². The predicted octanol–water partition coefficient (Wildman–Crippen LogP) is 22.3. The van der Waals surface area contributed by atoms with Gasteiger partial charge in [0.05, 0.1) is 63.3 Å². The Kier molecular flexibility index (Phi) is 72.1. The van der Waals surface area contributed by atoms with Crippen LogP contribution in [-0.2, 0) is 71.0 Å². The van der Waals surface area contributed by atoms with E-state index < -0.39 is 162 Å². The van der Waals surface area contributed by atoms with Gasteiger partial charge in [-0.1, -0.05) is 388 Å². The van der Waals surface area contributed by atoms with Gasteiger partial charge in [-0.05, 0) is 58.3 Å². The lowest BCUT2D eigenvalue weighted by atomic mass is 9.92. The van der Waals surface area contributed by atoms with E-state index in [1.165, 1.54) is 154 Å². The van der Waals surface area contributed by atoms with Gasteiger partial charge in [0.2, 0.25) is 11.8 Å². The van der Waals surface area contributed by atoms with Crippen LogP contribution in [0.4, 0.5) is 0 Å². The molecule has 2 saturated heterocycles. The van der Waals surface area contributed by atoms with Crippen molar-refractivity contribution in [2.24, 2.45) is 0 Å². The van der Waals surface area contributed by atoms with Gasteiger partial charge >= 0.3 is 31.7 Å². The Hall–Kier alpha value is -3.35. The molecule has 2 fully saturated rings. The number of phosphoric ester groups is 1. The van der Waals surface area contributed by atoms with Crippen molar-refractivity contribution in [3.8, 4) is 0 Å². The van der Waals surface area contributed by atoms with Gasteiger partial charge in [-0.25, -0.2) is 4.57 Å². The maximum absolute atomic E-state index is 15.2. The molecule has 0 aromatic heterocycles. The van der Waals surface area contributed by atoms with Gasteiger partial charge in [0.15, 0.2) is 18.5 Å². The molecular weight excluding hydrogens is 1560 g/mol. The van der Waals surface area contributed by atoms with Crippen LogP contribution >= 0.6 is 7.82 Å². The Balaban J connectivity index is 2.73. The summed E-state index contributed by atoms with van der Waals surface area (Å²) in [6.45, 7) is 13.1. The van der Waals surface area contributed by atoms with Crippen molar-refractivity contribution in [3.05, 3.63) is 0 Å². The third-order valence-electron chi connectivity index (χ3n) is 24.4. The first-order chi connectivity index (χ1) is 58.6. The van der Waals surface area contributed by atoms with Crippen molar-refractivity contribution in [1.29, 1.82) is 0 Å². The molecule has 0 radical (unpaired) electrons. The summed E-state index contributed by atoms with van der Waals surface area (Å²) in [7, 11) is -5.59. The first-order valence-corrected chi connectivity index (χ1v) is 51.8. The molecule has 2 aliphatic rings. The van der Waals surface area contributed by atoms with Crippen LogP contribution in [0.1, 0.15) is 485 Å². The van der Waals surface area contributed by atoms with Crippen molar-refractivity contribution in [2.75, 3.05) is 13.2 Å². The Labute approximate surface area is 735 Å². The fraction of sp³-hybridized carbons (Fsp3) is 0.938. The summed E-state index contributed by atoms with van der Waals surface area (Å²) < 4.78 is 62.8. The fourth-order valence-corrected chi connectivity index (χ4v) is 17.5. The van der Waals surface area contributed by atoms with Crippen molar-refractivity contribution < 1.29 is 101 Å². The monoisotopic (exact) mass is 1740 g/mol. The molecule has 24 heteroatoms. The van der Waals surface area contributed by atoms with Gasteiger partial charge in [0, 0.05) is 12.8 Å². The Morgan fingerprint density at radius 1 is 0.355 bits per heavy atom. The van der Waals surface area contributed by atoms with Crippen molar-refractivity contribution in [1.82, 2.24) is 10.6 Å². The summed E-state index contributed by atoms with van der Waals surface area (Å²) in [5, 5.41) is 51.9. The summed E-state index contributed by atoms with van der Waals surface area (Å²) >= 11 is 0. The number of ether oxygens (including phenoxy) is 7. The highest BCUT2D eigenvalue weighted by Crippen LogP contribution is 2.43. The van der Waals surface area contributed by atoms with Gasteiger partial charge < -0.3 is 74.0 Å². The summed E-state index contributed by atoms with van der Waals surface area (Å²) in [4.78, 5) is 107. The molecule has 8 N–H and O–H groups in total. The van der Waals surface area contributed by atoms with E-state index in [0.717, 1.165) is 180 Å². The van der Waals surface area contributed by atoms with Crippen molar-refractivity contribution >= 4 is 43.5 Å². The molecule has 2 aliphatic heterocycles. The molecule has 0 aliphatic carbocycles. The minimum absolute atomic E-state index is 0.126. The molecule has 2 heterocycles. The van der Waals surface area contributed by atoms with Gasteiger partial charge in [-0.15, -0.1) is 0 Å². The molecule has 2 rings (SSSR count). The summed E-state index contributed by atoms with van der Waals surface area (Å²) in [5.74, 6) is -4.17. The summed E-state index contributed by atoms with van der Waals surface area (Å²) in [5.41, 5.74) is 0. The molecule has 0 saturated carbocycles. The Morgan fingerprint density at radius 3 is 1.02 bits per heavy atom. The van der Waals surface area contributed by atoms with Crippen LogP contribution in [0.3, 0.4) is 0 Å². The zero-order chi connectivity index (χ0) is 88.6. The number of nitrogens with one attached hydrogen (secondary N) is 2. The normalized spacial score (nSPS) is 20.4. The SMILES string of the molecule is CCCCCCCCCCCCCC(=O)O[C@H](CCCCCCCCCCC)CC(=O)NC1[C@H](OCC2OC(C)C(NC(=O)C[C@H](O)CCCCCCCCCCC)[C@@H](OC(=O)C[C@H](O)CCCCCCCCCCC)[C@@H]2O)OC(CO)[C@@H](OP(=O)(O)O)[C@@H]1OC(=O)C[C@@H](CCCCCCCCCCC)OC(=O)CCCCCCCCCCCCC. The Bertz CT molecular complexity index is 2550. The maximum atomic E-state index is 15.2. The van der Waals surface area contributed by atoms with Crippen molar-refractivity contribution in [2.45, 2.75) is 571 Å². The standard InChI is InChI=1S/C97H183N2O21P/c1-8-14-20-26-32-38-40-46-52-58-64-70-87(105)115-81(68-62-56-50-44-36-30-24-18-12-5)74-86(104)99-92-96(119-90(108)75-82(69-63-57-51-45-37-31-25-19-13-6)116-88(106)71-65-59-53-47-41-39-33-27-21-15-9-2)94(120-121(110,111)112)83(76-100)117-97(92)113-77-84-93(109)95(118-89(107)73-80(102)67-61-55-49-43-35-29-23-17-11-4)91(78(7)114-84)98-85(103)72-79(101)66-60-54-48-42-34-28-22-16-10-3/h78-84,91-97,100-102,109H,8-77H2,1-7H3,(H,98,103)(H,99,104)(H2,110,111,112)/t78?,79-,80-,81-,82-,83?,84?,91?,92?,93-,94-,95-,96-,97-/m1/s1. The third kappa shape index (κ3) is 60.9. The summed E-state index contributed by atoms with van der Waals surface area (Å²) in [6.07, 6.45) is 44.1. The second-order valence-electron chi connectivity index (χ2n) is 36.0. The van der Waals surface area contributed by atoms with E-state index >= 15 is 4.79 Å². The Morgan fingerprint density at radius 2 is 0.661 bits per heavy atom. The average Bonchev–Trinajstić information content (AvgIpc) is 0.777. The highest BCUT2D eigenvalue weighted by molar-refractivity contribution is 7.46. The van der Waals surface area contributed by atoms with Crippen LogP contribution in [0, 0.1) is 0 Å². The second kappa shape index (κ2) is 76.7. The van der Waals surface area contributed by atoms with Gasteiger partial charge in [-0.2, -0.15) is 0 Å². The number of amides is 2. The van der Waals surface area contributed by atoms with E-state index in [4.69, 9.17) is 37.7 Å². The van der Waals surface area contributed by atoms with Crippen molar-refractivity contribution in [3.63, 3.8) is 0 Å². The topological polar surface area (TPSA) is 339 Å². The summed E-state index contributed by atoms with van der Waals surface area (Å²) in [6, 6.07) is -2.96. The lowest BCUT2D eigenvalue weighted by molar-refractivity contribution is -0.285. The van der Waals surface area contributed by atoms with E-state index in [9.17, 15) is 58.8 Å². The van der Waals surface area contributed by atoms with Crippen LogP contribution in [-0.4, -0.2) is 165 Å². The number of aliphatic hydroxyl groups excluding tert-OH is 4. The first-order valence-electron chi connectivity index (χ1n) is 50.3. The molecule has 14 atom stereocenters. The molecule has 2 amide bonds. The zero-order valence-corrected chi connectivity index (χ0v) is 78.7. The molecule has 0 aromatic rings. The zero-order valence-electron chi connectivity index (χ0n) is 77.8. The minimum atomic E-state index is -5.59. The van der Waals surface area contributed by atoms with E-state index in [1.807, 2.05) is 0 Å². The largest absolute Gasteiger partial charge is 0.470 e. The number of aliphatic hydroxyl groups is 4. The van der Waals surface area contributed by atoms with Crippen LogP contribution in [0.25, 0.3) is 0 Å². The fourth-order valence-electron chi connectivity index (χ4n) is 17.0. The first kappa shape index (κ1) is 114. The molecule has 712 valence electrons. The maximum Gasteiger partial charge on any atom is 0.470 e. The molecule has 0 aromatic carbocycles. The average molecular weight is 1740 g/mol. The van der Waals surface area contributed by atoms with E-state index in [-0.39, 0.29) is 19.3 Å². The lowest BCUT2D eigenvalue weighted by Gasteiger charge is -2.47. The van der Waals surface area contributed by atoms with Gasteiger partial charge in [0.1, 0.15) is 42.7 Å². The number of carbonyl (C=O) groups excluding carboxylic acids is 6. The number of carbonyl (C=O) groups is 6. The minimum Gasteiger partial charge on any atom is -0.462 e. The van der Waals surface area contributed by atoms with Crippen LogP contribution in [0.5, 0.6) is 0 Å². The molecule has 23 nitrogen and oxygen atoms in total. The molecule has 121 heavy (non-hydrogen) atoms.